The van der Waals surface area contributed by atoms with Crippen LogP contribution in [0.15, 0.2) is 41.5 Å². The van der Waals surface area contributed by atoms with Crippen molar-refractivity contribution in [3.8, 4) is 5.75 Å². The number of nitrogens with two attached hydrogens (primary N) is 1. The molecule has 0 spiro atoms. The van der Waals surface area contributed by atoms with Gasteiger partial charge in [-0.1, -0.05) is 35.3 Å². The van der Waals surface area contributed by atoms with E-state index >= 15 is 0 Å². The molecule has 3 N–H and O–H groups in total. The summed E-state index contributed by atoms with van der Waals surface area (Å²) in [7, 11) is 0. The molecule has 7 heteroatoms. The van der Waals surface area contributed by atoms with Gasteiger partial charge in [-0.25, -0.2) is 5.43 Å². The third-order valence-corrected chi connectivity index (χ3v) is 3.46. The van der Waals surface area contributed by atoms with Crippen LogP contribution in [0.3, 0.4) is 0 Å². The number of amides is 1. The van der Waals surface area contributed by atoms with Crippen LogP contribution >= 0.6 is 23.2 Å². The average molecular weight is 352 g/mol. The minimum Gasteiger partial charge on any atom is -0.491 e. The number of anilines is 1. The molecule has 1 amide bonds. The Bertz CT molecular complexity index is 725. The average Bonchev–Trinajstić information content (AvgIpc) is 2.51. The van der Waals surface area contributed by atoms with E-state index in [-0.39, 0.29) is 0 Å². The highest BCUT2D eigenvalue weighted by atomic mass is 35.5. The first-order chi connectivity index (χ1) is 11.0. The van der Waals surface area contributed by atoms with Crippen molar-refractivity contribution in [3.05, 3.63) is 57.6 Å². The van der Waals surface area contributed by atoms with Crippen LogP contribution in [-0.2, 0) is 0 Å². The van der Waals surface area contributed by atoms with Gasteiger partial charge in [0.25, 0.3) is 5.91 Å². The third kappa shape index (κ3) is 4.37. The number of hydrazone groups is 1. The molecule has 2 rings (SSSR count). The fraction of sp³-hybridized carbons (Fsp3) is 0.125. The molecule has 0 bridgehead atoms. The smallest absolute Gasteiger partial charge is 0.273 e. The second-order valence-corrected chi connectivity index (χ2v) is 5.35. The van der Waals surface area contributed by atoms with Gasteiger partial charge in [-0.15, -0.1) is 0 Å². The van der Waals surface area contributed by atoms with Crippen LogP contribution in [-0.4, -0.2) is 18.7 Å². The number of nitrogens with zero attached hydrogens (tertiary/aromatic N) is 1. The first kappa shape index (κ1) is 17.1. The molecular weight excluding hydrogens is 337 g/mol. The number of rotatable bonds is 5. The zero-order valence-corrected chi connectivity index (χ0v) is 13.9. The molecular formula is C16H15Cl2N3O2. The van der Waals surface area contributed by atoms with Crippen LogP contribution in [0.5, 0.6) is 5.75 Å². The summed E-state index contributed by atoms with van der Waals surface area (Å²) in [5, 5.41) is 4.63. The minimum atomic E-state index is -0.400. The van der Waals surface area contributed by atoms with Gasteiger partial charge < -0.3 is 10.5 Å². The molecule has 120 valence electrons. The fourth-order valence-electron chi connectivity index (χ4n) is 1.87. The van der Waals surface area contributed by atoms with Crippen LogP contribution in [0.25, 0.3) is 0 Å². The van der Waals surface area contributed by atoms with Gasteiger partial charge in [0.05, 0.1) is 28.4 Å². The number of halogens is 2. The SMILES string of the molecule is CCOc1c(Cl)cc(/C=N\NC(=O)c2ccccc2N)cc1Cl. The molecule has 0 aromatic heterocycles. The summed E-state index contributed by atoms with van der Waals surface area (Å²) in [6, 6.07) is 10.0. The highest BCUT2D eigenvalue weighted by Crippen LogP contribution is 2.33. The van der Waals surface area contributed by atoms with Gasteiger partial charge in [0.15, 0.2) is 5.75 Å². The number of benzene rings is 2. The lowest BCUT2D eigenvalue weighted by molar-refractivity contribution is 0.0956. The van der Waals surface area contributed by atoms with E-state index in [1.807, 2.05) is 6.92 Å². The van der Waals surface area contributed by atoms with Crippen LogP contribution in [0.4, 0.5) is 5.69 Å². The third-order valence-electron chi connectivity index (χ3n) is 2.89. The molecule has 0 aliphatic carbocycles. The Hall–Kier alpha value is -2.24. The van der Waals surface area contributed by atoms with Crippen molar-refractivity contribution in [1.29, 1.82) is 0 Å². The van der Waals surface area contributed by atoms with Crippen LogP contribution < -0.4 is 15.9 Å². The number of hydrogen-bond donors (Lipinski definition) is 2. The van der Waals surface area contributed by atoms with Crippen molar-refractivity contribution in [2.24, 2.45) is 5.10 Å². The van der Waals surface area contributed by atoms with Gasteiger partial charge in [-0.05, 0) is 36.8 Å². The van der Waals surface area contributed by atoms with Crippen molar-refractivity contribution in [1.82, 2.24) is 5.43 Å². The molecule has 0 aliphatic heterocycles. The maximum Gasteiger partial charge on any atom is 0.273 e. The summed E-state index contributed by atoms with van der Waals surface area (Å²) in [4.78, 5) is 12.0. The lowest BCUT2D eigenvalue weighted by Crippen LogP contribution is -2.19. The van der Waals surface area contributed by atoms with E-state index in [0.717, 1.165) is 0 Å². The van der Waals surface area contributed by atoms with Gasteiger partial charge in [-0.3, -0.25) is 4.79 Å². The van der Waals surface area contributed by atoms with E-state index in [1.54, 1.807) is 36.4 Å². The predicted molar refractivity (Wildman–Crippen MR) is 93.5 cm³/mol. The molecule has 5 nitrogen and oxygen atoms in total. The predicted octanol–water partition coefficient (Wildman–Crippen LogP) is 3.74. The van der Waals surface area contributed by atoms with Crippen molar-refractivity contribution >= 4 is 41.0 Å². The lowest BCUT2D eigenvalue weighted by atomic mass is 10.2. The monoisotopic (exact) mass is 351 g/mol. The van der Waals surface area contributed by atoms with Crippen LogP contribution in [0.1, 0.15) is 22.8 Å². The summed E-state index contributed by atoms with van der Waals surface area (Å²) < 4.78 is 5.34. The number of carbonyl (C=O) groups is 1. The zero-order valence-electron chi connectivity index (χ0n) is 12.3. The molecule has 2 aromatic carbocycles. The Kier molecular flexibility index (Phi) is 5.84. The van der Waals surface area contributed by atoms with E-state index < -0.39 is 5.91 Å². The standard InChI is InChI=1S/C16H15Cl2N3O2/c1-2-23-15-12(17)7-10(8-13(15)18)9-20-21-16(22)11-5-3-4-6-14(11)19/h3-9H,2,19H2,1H3,(H,21,22)/b20-9-. The number of nitrogens with one attached hydrogen (secondary N) is 1. The summed E-state index contributed by atoms with van der Waals surface area (Å²) in [6.45, 7) is 2.30. The molecule has 0 atom stereocenters. The molecule has 0 aliphatic rings. The molecule has 0 saturated heterocycles. The molecule has 23 heavy (non-hydrogen) atoms. The van der Waals surface area contributed by atoms with Gasteiger partial charge in [-0.2, -0.15) is 5.10 Å². The fourth-order valence-corrected chi connectivity index (χ4v) is 2.48. The topological polar surface area (TPSA) is 76.7 Å². The number of ether oxygens (including phenoxy) is 1. The van der Waals surface area contributed by atoms with Crippen molar-refractivity contribution in [2.45, 2.75) is 6.92 Å². The van der Waals surface area contributed by atoms with Crippen LogP contribution in [0, 0.1) is 0 Å². The molecule has 0 heterocycles. The van der Waals surface area contributed by atoms with Gasteiger partial charge >= 0.3 is 0 Å². The maximum atomic E-state index is 12.0. The Balaban J connectivity index is 2.09. The normalized spacial score (nSPS) is 10.7. The largest absolute Gasteiger partial charge is 0.491 e. The molecule has 0 radical (unpaired) electrons. The highest BCUT2D eigenvalue weighted by Gasteiger charge is 2.09. The van der Waals surface area contributed by atoms with Gasteiger partial charge in [0.2, 0.25) is 0 Å². The summed E-state index contributed by atoms with van der Waals surface area (Å²) in [5.74, 6) is 0.0246. The Labute approximate surface area is 144 Å². The van der Waals surface area contributed by atoms with Crippen LogP contribution in [0.2, 0.25) is 10.0 Å². The molecule has 0 fully saturated rings. The highest BCUT2D eigenvalue weighted by molar-refractivity contribution is 6.37. The second kappa shape index (κ2) is 7.85. The summed E-state index contributed by atoms with van der Waals surface area (Å²) in [6.07, 6.45) is 1.44. The number of para-hydroxylation sites is 1. The first-order valence-electron chi connectivity index (χ1n) is 6.82. The van der Waals surface area contributed by atoms with E-state index in [1.165, 1.54) is 6.21 Å². The summed E-state index contributed by atoms with van der Waals surface area (Å²) >= 11 is 12.2. The van der Waals surface area contributed by atoms with E-state index in [4.69, 9.17) is 33.7 Å². The van der Waals surface area contributed by atoms with Gasteiger partial charge in [0.1, 0.15) is 0 Å². The van der Waals surface area contributed by atoms with E-state index in [9.17, 15) is 4.79 Å². The van der Waals surface area contributed by atoms with Crippen molar-refractivity contribution < 1.29 is 9.53 Å². The zero-order chi connectivity index (χ0) is 16.8. The number of hydrogen-bond acceptors (Lipinski definition) is 4. The molecule has 2 aromatic rings. The Morgan fingerprint density at radius 3 is 2.57 bits per heavy atom. The maximum absolute atomic E-state index is 12.0. The Morgan fingerprint density at radius 2 is 1.96 bits per heavy atom. The van der Waals surface area contributed by atoms with E-state index in [2.05, 4.69) is 10.5 Å². The van der Waals surface area contributed by atoms with E-state index in [0.29, 0.717) is 39.2 Å². The number of carbonyl (C=O) groups excluding carboxylic acids is 1. The van der Waals surface area contributed by atoms with Gasteiger partial charge in [0, 0.05) is 5.69 Å². The quantitative estimate of drug-likeness (QED) is 0.489. The number of nitrogen functional groups attached to an aromatic ring is 1. The minimum absolute atomic E-state index is 0.354. The Morgan fingerprint density at radius 1 is 1.30 bits per heavy atom. The first-order valence-corrected chi connectivity index (χ1v) is 7.58. The molecule has 0 saturated carbocycles. The second-order valence-electron chi connectivity index (χ2n) is 4.53. The van der Waals surface area contributed by atoms with Crippen molar-refractivity contribution in [3.63, 3.8) is 0 Å². The molecule has 0 unspecified atom stereocenters. The summed E-state index contributed by atoms with van der Waals surface area (Å²) in [5.41, 5.74) is 9.49. The lowest BCUT2D eigenvalue weighted by Gasteiger charge is -2.08. The van der Waals surface area contributed by atoms with Crippen molar-refractivity contribution in [2.75, 3.05) is 12.3 Å².